The van der Waals surface area contributed by atoms with E-state index >= 15 is 0 Å². The number of rotatable bonds is 6. The highest BCUT2D eigenvalue weighted by atomic mass is 16.5. The number of H-pyrrole nitrogens is 1. The Labute approximate surface area is 107 Å². The second kappa shape index (κ2) is 6.21. The van der Waals surface area contributed by atoms with Crippen LogP contribution in [0.2, 0.25) is 0 Å². The van der Waals surface area contributed by atoms with Crippen LogP contribution >= 0.6 is 0 Å². The maximum atomic E-state index is 5.22. The zero-order valence-corrected chi connectivity index (χ0v) is 10.9. The third-order valence-electron chi connectivity index (χ3n) is 2.73. The monoisotopic (exact) mass is 245 g/mol. The van der Waals surface area contributed by atoms with Crippen LogP contribution < -0.4 is 10.1 Å². The predicted octanol–water partition coefficient (Wildman–Crippen LogP) is 2.58. The van der Waals surface area contributed by atoms with Gasteiger partial charge in [0.2, 0.25) is 0 Å². The molecule has 0 saturated carbocycles. The third-order valence-corrected chi connectivity index (χ3v) is 2.73. The van der Waals surface area contributed by atoms with Crippen LogP contribution in [0.4, 0.5) is 0 Å². The molecule has 0 amide bonds. The molecule has 4 heteroatoms. The van der Waals surface area contributed by atoms with Crippen LogP contribution in [0.25, 0.3) is 11.3 Å². The second-order valence-electron chi connectivity index (χ2n) is 4.15. The predicted molar refractivity (Wildman–Crippen MR) is 72.6 cm³/mol. The zero-order chi connectivity index (χ0) is 12.8. The first-order chi connectivity index (χ1) is 8.83. The minimum Gasteiger partial charge on any atom is -0.497 e. The molecule has 18 heavy (non-hydrogen) atoms. The highest BCUT2D eigenvalue weighted by molar-refractivity contribution is 5.60. The molecule has 2 aromatic rings. The van der Waals surface area contributed by atoms with Gasteiger partial charge in [-0.15, -0.1) is 0 Å². The summed E-state index contributed by atoms with van der Waals surface area (Å²) < 4.78 is 5.22. The van der Waals surface area contributed by atoms with Crippen LogP contribution in [-0.2, 0) is 6.54 Å². The minimum atomic E-state index is 0.776. The van der Waals surface area contributed by atoms with Gasteiger partial charge in [-0.25, -0.2) is 4.98 Å². The van der Waals surface area contributed by atoms with E-state index in [0.29, 0.717) is 0 Å². The Morgan fingerprint density at radius 3 is 3.06 bits per heavy atom. The van der Waals surface area contributed by atoms with E-state index in [4.69, 9.17) is 4.74 Å². The van der Waals surface area contributed by atoms with Crippen molar-refractivity contribution < 1.29 is 4.74 Å². The summed E-state index contributed by atoms with van der Waals surface area (Å²) in [5, 5.41) is 3.32. The molecule has 1 aromatic carbocycles. The highest BCUT2D eigenvalue weighted by Gasteiger charge is 2.03. The average molecular weight is 245 g/mol. The molecule has 4 nitrogen and oxygen atoms in total. The van der Waals surface area contributed by atoms with Crippen molar-refractivity contribution in [2.24, 2.45) is 0 Å². The van der Waals surface area contributed by atoms with Gasteiger partial charge in [-0.1, -0.05) is 19.1 Å². The SMILES string of the molecule is CCCNCc1ncc(-c2cccc(OC)c2)[nH]1. The van der Waals surface area contributed by atoms with E-state index in [0.717, 1.165) is 42.3 Å². The maximum Gasteiger partial charge on any atom is 0.120 e. The molecule has 0 fully saturated rings. The lowest BCUT2D eigenvalue weighted by atomic mass is 10.1. The topological polar surface area (TPSA) is 49.9 Å². The number of ether oxygens (including phenoxy) is 1. The molecule has 2 rings (SSSR count). The standard InChI is InChI=1S/C14H19N3O/c1-3-7-15-10-14-16-9-13(17-14)11-5-4-6-12(8-11)18-2/h4-6,8-9,15H,3,7,10H2,1-2H3,(H,16,17). The van der Waals surface area contributed by atoms with Gasteiger partial charge >= 0.3 is 0 Å². The molecular formula is C14H19N3O. The fourth-order valence-corrected chi connectivity index (χ4v) is 1.77. The Kier molecular flexibility index (Phi) is 4.36. The molecule has 0 aliphatic carbocycles. The van der Waals surface area contributed by atoms with Gasteiger partial charge in [0.15, 0.2) is 0 Å². The molecule has 96 valence electrons. The molecule has 1 heterocycles. The first kappa shape index (κ1) is 12.6. The number of nitrogens with one attached hydrogen (secondary N) is 2. The average Bonchev–Trinajstić information content (AvgIpc) is 2.88. The van der Waals surface area contributed by atoms with Gasteiger partial charge in [0.1, 0.15) is 11.6 Å². The summed E-state index contributed by atoms with van der Waals surface area (Å²) in [6.45, 7) is 3.93. The summed E-state index contributed by atoms with van der Waals surface area (Å²) in [5.41, 5.74) is 2.10. The van der Waals surface area contributed by atoms with Gasteiger partial charge in [0.25, 0.3) is 0 Å². The molecule has 0 radical (unpaired) electrons. The zero-order valence-electron chi connectivity index (χ0n) is 10.9. The van der Waals surface area contributed by atoms with Crippen LogP contribution in [-0.4, -0.2) is 23.6 Å². The molecule has 1 aromatic heterocycles. The summed E-state index contributed by atoms with van der Waals surface area (Å²) in [7, 11) is 1.67. The van der Waals surface area contributed by atoms with E-state index < -0.39 is 0 Å². The summed E-state index contributed by atoms with van der Waals surface area (Å²) in [6.07, 6.45) is 2.99. The van der Waals surface area contributed by atoms with Gasteiger partial charge in [0.05, 0.1) is 25.5 Å². The molecular weight excluding hydrogens is 226 g/mol. The van der Waals surface area contributed by atoms with Crippen molar-refractivity contribution in [2.45, 2.75) is 19.9 Å². The van der Waals surface area contributed by atoms with E-state index in [1.807, 2.05) is 30.5 Å². The quantitative estimate of drug-likeness (QED) is 0.769. The first-order valence-corrected chi connectivity index (χ1v) is 6.22. The fraction of sp³-hybridized carbons (Fsp3) is 0.357. The molecule has 0 atom stereocenters. The van der Waals surface area contributed by atoms with Crippen molar-refractivity contribution >= 4 is 0 Å². The Morgan fingerprint density at radius 2 is 2.28 bits per heavy atom. The normalized spacial score (nSPS) is 10.6. The van der Waals surface area contributed by atoms with Crippen molar-refractivity contribution in [3.63, 3.8) is 0 Å². The van der Waals surface area contributed by atoms with Gasteiger partial charge in [-0.3, -0.25) is 0 Å². The Balaban J connectivity index is 2.08. The summed E-state index contributed by atoms with van der Waals surface area (Å²) in [4.78, 5) is 7.67. The number of aromatic nitrogens is 2. The fourth-order valence-electron chi connectivity index (χ4n) is 1.77. The number of hydrogen-bond donors (Lipinski definition) is 2. The van der Waals surface area contributed by atoms with Gasteiger partial charge in [-0.2, -0.15) is 0 Å². The van der Waals surface area contributed by atoms with E-state index in [-0.39, 0.29) is 0 Å². The van der Waals surface area contributed by atoms with Crippen molar-refractivity contribution in [1.82, 2.24) is 15.3 Å². The van der Waals surface area contributed by atoms with Crippen molar-refractivity contribution in [2.75, 3.05) is 13.7 Å². The van der Waals surface area contributed by atoms with Crippen molar-refractivity contribution in [3.05, 3.63) is 36.3 Å². The summed E-state index contributed by atoms with van der Waals surface area (Å²) in [6, 6.07) is 7.95. The van der Waals surface area contributed by atoms with Crippen LogP contribution in [0.5, 0.6) is 5.75 Å². The number of methoxy groups -OCH3 is 1. The van der Waals surface area contributed by atoms with E-state index in [2.05, 4.69) is 22.2 Å². The number of hydrogen-bond acceptors (Lipinski definition) is 3. The van der Waals surface area contributed by atoms with Crippen LogP contribution in [0.3, 0.4) is 0 Å². The van der Waals surface area contributed by atoms with Gasteiger partial charge < -0.3 is 15.0 Å². The summed E-state index contributed by atoms with van der Waals surface area (Å²) >= 11 is 0. The molecule has 0 bridgehead atoms. The molecule has 0 unspecified atom stereocenters. The molecule has 0 aliphatic rings. The number of benzene rings is 1. The maximum absolute atomic E-state index is 5.22. The van der Waals surface area contributed by atoms with E-state index in [1.54, 1.807) is 7.11 Å². The van der Waals surface area contributed by atoms with Crippen LogP contribution in [0.1, 0.15) is 19.2 Å². The Bertz CT molecular complexity index is 493. The molecule has 2 N–H and O–H groups in total. The summed E-state index contributed by atoms with van der Waals surface area (Å²) in [5.74, 6) is 1.81. The molecule has 0 aliphatic heterocycles. The van der Waals surface area contributed by atoms with Crippen LogP contribution in [0.15, 0.2) is 30.5 Å². The minimum absolute atomic E-state index is 0.776. The van der Waals surface area contributed by atoms with E-state index in [1.165, 1.54) is 0 Å². The third kappa shape index (κ3) is 3.11. The highest BCUT2D eigenvalue weighted by Crippen LogP contribution is 2.21. The molecule has 0 saturated heterocycles. The van der Waals surface area contributed by atoms with Crippen molar-refractivity contribution in [3.8, 4) is 17.0 Å². The second-order valence-corrected chi connectivity index (χ2v) is 4.15. The van der Waals surface area contributed by atoms with Gasteiger partial charge in [0, 0.05) is 5.56 Å². The van der Waals surface area contributed by atoms with Crippen molar-refractivity contribution in [1.29, 1.82) is 0 Å². The number of imidazole rings is 1. The van der Waals surface area contributed by atoms with Crippen LogP contribution in [0, 0.1) is 0 Å². The Morgan fingerprint density at radius 1 is 1.39 bits per heavy atom. The number of nitrogens with zero attached hydrogens (tertiary/aromatic N) is 1. The lowest BCUT2D eigenvalue weighted by Crippen LogP contribution is -2.14. The van der Waals surface area contributed by atoms with E-state index in [9.17, 15) is 0 Å². The lowest BCUT2D eigenvalue weighted by molar-refractivity contribution is 0.415. The van der Waals surface area contributed by atoms with Gasteiger partial charge in [-0.05, 0) is 25.1 Å². The molecule has 0 spiro atoms. The lowest BCUT2D eigenvalue weighted by Gasteiger charge is -2.02. The first-order valence-electron chi connectivity index (χ1n) is 6.22. The largest absolute Gasteiger partial charge is 0.497 e. The Hall–Kier alpha value is -1.81. The number of aromatic amines is 1. The smallest absolute Gasteiger partial charge is 0.120 e.